The maximum absolute atomic E-state index is 9.19. The Balaban J connectivity index is 2.08. The van der Waals surface area contributed by atoms with Gasteiger partial charge in [0.05, 0.1) is 6.61 Å². The van der Waals surface area contributed by atoms with Gasteiger partial charge in [-0.3, -0.25) is 0 Å². The van der Waals surface area contributed by atoms with Crippen LogP contribution in [0.2, 0.25) is 0 Å². The third-order valence-electron chi connectivity index (χ3n) is 4.32. The highest BCUT2D eigenvalue weighted by atomic mass is 16.3. The van der Waals surface area contributed by atoms with Gasteiger partial charge in [-0.2, -0.15) is 0 Å². The highest BCUT2D eigenvalue weighted by molar-refractivity contribution is 5.28. The van der Waals surface area contributed by atoms with Gasteiger partial charge in [0.25, 0.3) is 0 Å². The van der Waals surface area contributed by atoms with Gasteiger partial charge in [-0.25, -0.2) is 0 Å². The third-order valence-corrected chi connectivity index (χ3v) is 4.32. The van der Waals surface area contributed by atoms with Crippen LogP contribution in [0.15, 0.2) is 24.3 Å². The molecule has 2 atom stereocenters. The molecule has 0 heterocycles. The number of hydrogen-bond donors (Lipinski definition) is 3. The molecule has 4 N–H and O–H groups in total. The predicted octanol–water partition coefficient (Wildman–Crippen LogP) is 2.31. The summed E-state index contributed by atoms with van der Waals surface area (Å²) in [5.41, 5.74) is 8.54. The number of rotatable bonds is 5. The van der Waals surface area contributed by atoms with Crippen molar-refractivity contribution in [3.8, 4) is 0 Å². The summed E-state index contributed by atoms with van der Waals surface area (Å²) in [7, 11) is 1.88. The van der Waals surface area contributed by atoms with Crippen molar-refractivity contribution in [1.82, 2.24) is 5.32 Å². The van der Waals surface area contributed by atoms with Crippen LogP contribution < -0.4 is 11.1 Å². The molecule has 2 unspecified atom stereocenters. The third kappa shape index (κ3) is 3.56. The molecule has 0 bridgehead atoms. The van der Waals surface area contributed by atoms with Crippen molar-refractivity contribution in [3.63, 3.8) is 0 Å². The van der Waals surface area contributed by atoms with Gasteiger partial charge in [-0.05, 0) is 36.9 Å². The fourth-order valence-electron chi connectivity index (χ4n) is 3.14. The van der Waals surface area contributed by atoms with Crippen molar-refractivity contribution in [1.29, 1.82) is 0 Å². The lowest BCUT2D eigenvalue weighted by atomic mass is 9.83. The van der Waals surface area contributed by atoms with Crippen molar-refractivity contribution < 1.29 is 5.11 Å². The molecule has 0 aromatic heterocycles. The Hall–Kier alpha value is -0.900. The van der Waals surface area contributed by atoms with Gasteiger partial charge in [0, 0.05) is 12.1 Å². The molecule has 0 saturated heterocycles. The maximum Gasteiger partial charge on any atom is 0.0601 e. The van der Waals surface area contributed by atoms with E-state index in [0.717, 1.165) is 11.5 Å². The van der Waals surface area contributed by atoms with E-state index >= 15 is 0 Å². The maximum atomic E-state index is 9.19. The lowest BCUT2D eigenvalue weighted by molar-refractivity contribution is 0.240. The van der Waals surface area contributed by atoms with Crippen molar-refractivity contribution in [3.05, 3.63) is 35.4 Å². The quantitative estimate of drug-likeness (QED) is 0.763. The van der Waals surface area contributed by atoms with E-state index in [1.165, 1.54) is 37.7 Å². The standard InChI is InChI=1S/C16H26N2O/c1-18-16(15(17)11-19)14-9-7-13(8-10-14)12-5-3-2-4-6-12/h7-10,12,15-16,18-19H,2-6,11,17H2,1H3. The van der Waals surface area contributed by atoms with Crippen LogP contribution in [0.1, 0.15) is 55.2 Å². The van der Waals surface area contributed by atoms with E-state index in [1.54, 1.807) is 0 Å². The molecule has 1 aromatic rings. The summed E-state index contributed by atoms with van der Waals surface area (Å²) in [4.78, 5) is 0. The second kappa shape index (κ2) is 7.04. The number of nitrogens with one attached hydrogen (secondary N) is 1. The first kappa shape index (κ1) is 14.5. The number of likely N-dealkylation sites (N-methyl/N-ethyl adjacent to an activating group) is 1. The minimum Gasteiger partial charge on any atom is -0.395 e. The Labute approximate surface area is 116 Å². The molecule has 2 rings (SSSR count). The fourth-order valence-corrected chi connectivity index (χ4v) is 3.14. The van der Waals surface area contributed by atoms with Crippen molar-refractivity contribution in [2.24, 2.45) is 5.73 Å². The van der Waals surface area contributed by atoms with E-state index in [0.29, 0.717) is 0 Å². The number of nitrogens with two attached hydrogens (primary N) is 1. The topological polar surface area (TPSA) is 58.3 Å². The lowest BCUT2D eigenvalue weighted by Crippen LogP contribution is -2.38. The normalized spacial score (nSPS) is 20.2. The minimum atomic E-state index is -0.259. The van der Waals surface area contributed by atoms with Crippen molar-refractivity contribution in [2.45, 2.75) is 50.1 Å². The van der Waals surface area contributed by atoms with Crippen LogP contribution in [-0.4, -0.2) is 24.8 Å². The SMILES string of the molecule is CNC(c1ccc(C2CCCCC2)cc1)C(N)CO. The largest absolute Gasteiger partial charge is 0.395 e. The van der Waals surface area contributed by atoms with Gasteiger partial charge in [0.1, 0.15) is 0 Å². The summed E-state index contributed by atoms with van der Waals surface area (Å²) >= 11 is 0. The van der Waals surface area contributed by atoms with Crippen molar-refractivity contribution in [2.75, 3.05) is 13.7 Å². The Morgan fingerprint density at radius 3 is 2.37 bits per heavy atom. The van der Waals surface area contributed by atoms with Crippen LogP contribution in [0, 0.1) is 0 Å². The van der Waals surface area contributed by atoms with Gasteiger partial charge >= 0.3 is 0 Å². The molecule has 1 aliphatic carbocycles. The van der Waals surface area contributed by atoms with Gasteiger partial charge in [-0.1, -0.05) is 43.5 Å². The molecule has 0 amide bonds. The first-order valence-corrected chi connectivity index (χ1v) is 7.40. The summed E-state index contributed by atoms with van der Waals surface area (Å²) in [6.07, 6.45) is 6.76. The van der Waals surface area contributed by atoms with Crippen LogP contribution in [0.4, 0.5) is 0 Å². The second-order valence-corrected chi connectivity index (χ2v) is 5.61. The molecule has 3 heteroatoms. The van der Waals surface area contributed by atoms with Crippen LogP contribution in [0.3, 0.4) is 0 Å². The van der Waals surface area contributed by atoms with Crippen LogP contribution >= 0.6 is 0 Å². The van der Waals surface area contributed by atoms with Crippen molar-refractivity contribution >= 4 is 0 Å². The molecule has 0 aliphatic heterocycles. The Morgan fingerprint density at radius 1 is 1.21 bits per heavy atom. The molecular weight excluding hydrogens is 236 g/mol. The number of hydrogen-bond acceptors (Lipinski definition) is 3. The summed E-state index contributed by atoms with van der Waals surface area (Å²) in [6.45, 7) is -0.00408. The van der Waals surface area contributed by atoms with E-state index in [2.05, 4.69) is 29.6 Å². The first-order valence-electron chi connectivity index (χ1n) is 7.40. The Kier molecular flexibility index (Phi) is 5.37. The smallest absolute Gasteiger partial charge is 0.0601 e. The Bertz CT molecular complexity index is 371. The predicted molar refractivity (Wildman–Crippen MR) is 79.1 cm³/mol. The lowest BCUT2D eigenvalue weighted by Gasteiger charge is -2.25. The van der Waals surface area contributed by atoms with Gasteiger partial charge in [0.2, 0.25) is 0 Å². The monoisotopic (exact) mass is 262 g/mol. The first-order chi connectivity index (χ1) is 9.26. The van der Waals surface area contributed by atoms with Gasteiger partial charge in [-0.15, -0.1) is 0 Å². The molecule has 1 aromatic carbocycles. The number of aliphatic hydroxyl groups is 1. The molecule has 0 spiro atoms. The fraction of sp³-hybridized carbons (Fsp3) is 0.625. The molecular formula is C16H26N2O. The van der Waals surface area contributed by atoms with E-state index in [9.17, 15) is 5.11 Å². The summed E-state index contributed by atoms with van der Waals surface area (Å²) in [5.74, 6) is 0.738. The average molecular weight is 262 g/mol. The zero-order chi connectivity index (χ0) is 13.7. The van der Waals surface area contributed by atoms with E-state index in [1.807, 2.05) is 7.05 Å². The summed E-state index contributed by atoms with van der Waals surface area (Å²) < 4.78 is 0. The number of aliphatic hydroxyl groups excluding tert-OH is 1. The van der Waals surface area contributed by atoms with Crippen LogP contribution in [0.5, 0.6) is 0 Å². The van der Waals surface area contributed by atoms with Gasteiger partial charge < -0.3 is 16.2 Å². The summed E-state index contributed by atoms with van der Waals surface area (Å²) in [6, 6.07) is 8.54. The molecule has 19 heavy (non-hydrogen) atoms. The highest BCUT2D eigenvalue weighted by Crippen LogP contribution is 2.33. The second-order valence-electron chi connectivity index (χ2n) is 5.61. The zero-order valence-corrected chi connectivity index (χ0v) is 11.8. The van der Waals surface area contributed by atoms with E-state index in [4.69, 9.17) is 5.73 Å². The summed E-state index contributed by atoms with van der Waals surface area (Å²) in [5, 5.41) is 12.4. The zero-order valence-electron chi connectivity index (χ0n) is 11.8. The Morgan fingerprint density at radius 2 is 1.84 bits per heavy atom. The number of benzene rings is 1. The highest BCUT2D eigenvalue weighted by Gasteiger charge is 2.19. The molecule has 1 saturated carbocycles. The molecule has 1 fully saturated rings. The van der Waals surface area contributed by atoms with Crippen LogP contribution in [-0.2, 0) is 0 Å². The minimum absolute atomic E-state index is 0.00408. The van der Waals surface area contributed by atoms with E-state index in [-0.39, 0.29) is 18.7 Å². The van der Waals surface area contributed by atoms with Crippen LogP contribution in [0.25, 0.3) is 0 Å². The van der Waals surface area contributed by atoms with E-state index < -0.39 is 0 Å². The average Bonchev–Trinajstić information content (AvgIpc) is 2.49. The molecule has 106 valence electrons. The van der Waals surface area contributed by atoms with Gasteiger partial charge in [0.15, 0.2) is 0 Å². The molecule has 1 aliphatic rings. The molecule has 0 radical (unpaired) electrons. The molecule has 3 nitrogen and oxygen atoms in total.